The lowest BCUT2D eigenvalue weighted by Gasteiger charge is -2.10. The lowest BCUT2D eigenvalue weighted by Crippen LogP contribution is -2.11. The van der Waals surface area contributed by atoms with Crippen molar-refractivity contribution in [3.8, 4) is 11.5 Å². The topological polar surface area (TPSA) is 57.4 Å². The Bertz CT molecular complexity index is 622. The van der Waals surface area contributed by atoms with Gasteiger partial charge < -0.3 is 15.2 Å². The minimum Gasteiger partial charge on any atom is -0.454 e. The fourth-order valence-electron chi connectivity index (χ4n) is 1.94. The highest BCUT2D eigenvalue weighted by atomic mass is 35.5. The first kappa shape index (κ1) is 12.7. The number of hydrogen-bond donors (Lipinski definition) is 1. The lowest BCUT2D eigenvalue weighted by molar-refractivity contribution is 0.174. The Hall–Kier alpha value is -1.30. The number of benzene rings is 1. The summed E-state index contributed by atoms with van der Waals surface area (Å²) in [7, 11) is 0. The van der Waals surface area contributed by atoms with Crippen LogP contribution in [0.4, 0.5) is 0 Å². The first-order chi connectivity index (χ1) is 9.06. The molecule has 1 aliphatic rings. The summed E-state index contributed by atoms with van der Waals surface area (Å²) in [6.45, 7) is 4.22. The predicted octanol–water partition coefficient (Wildman–Crippen LogP) is 3.19. The number of rotatable bonds is 2. The van der Waals surface area contributed by atoms with Crippen LogP contribution in [-0.2, 0) is 0 Å². The minimum atomic E-state index is -0.301. The molecule has 2 N–H and O–H groups in total. The molecule has 0 spiro atoms. The van der Waals surface area contributed by atoms with E-state index in [2.05, 4.69) is 4.98 Å². The van der Waals surface area contributed by atoms with Gasteiger partial charge in [0, 0.05) is 4.88 Å². The van der Waals surface area contributed by atoms with Crippen molar-refractivity contribution < 1.29 is 9.47 Å². The van der Waals surface area contributed by atoms with E-state index in [0.717, 1.165) is 16.3 Å². The molecule has 0 aliphatic carbocycles. The smallest absolute Gasteiger partial charge is 0.231 e. The van der Waals surface area contributed by atoms with Gasteiger partial charge in [-0.25, -0.2) is 4.98 Å². The molecule has 0 bridgehead atoms. The molecule has 1 aromatic heterocycles. The molecule has 0 fully saturated rings. The largest absolute Gasteiger partial charge is 0.454 e. The van der Waals surface area contributed by atoms with Gasteiger partial charge in [0.2, 0.25) is 6.79 Å². The molecule has 0 saturated heterocycles. The monoisotopic (exact) mass is 296 g/mol. The predicted molar refractivity (Wildman–Crippen MR) is 75.2 cm³/mol. The molecule has 1 aliphatic heterocycles. The maximum absolute atomic E-state index is 6.25. The molecule has 3 rings (SSSR count). The summed E-state index contributed by atoms with van der Waals surface area (Å²) in [4.78, 5) is 5.67. The zero-order valence-corrected chi connectivity index (χ0v) is 12.1. The van der Waals surface area contributed by atoms with Gasteiger partial charge in [-0.15, -0.1) is 11.3 Å². The van der Waals surface area contributed by atoms with Crippen LogP contribution in [-0.4, -0.2) is 11.8 Å². The molecule has 2 aromatic rings. The lowest BCUT2D eigenvalue weighted by atomic mass is 10.1. The molecule has 2 heterocycles. The maximum atomic E-state index is 6.25. The van der Waals surface area contributed by atoms with E-state index in [4.69, 9.17) is 26.8 Å². The summed E-state index contributed by atoms with van der Waals surface area (Å²) in [5.41, 5.74) is 8.15. The van der Waals surface area contributed by atoms with E-state index in [-0.39, 0.29) is 12.8 Å². The van der Waals surface area contributed by atoms with Crippen LogP contribution >= 0.6 is 22.9 Å². The van der Waals surface area contributed by atoms with Crippen LogP contribution in [0.25, 0.3) is 0 Å². The Labute approximate surface area is 120 Å². The fourth-order valence-corrected chi connectivity index (χ4v) is 3.17. The van der Waals surface area contributed by atoms with Gasteiger partial charge in [0.05, 0.1) is 16.8 Å². The van der Waals surface area contributed by atoms with Gasteiger partial charge in [-0.2, -0.15) is 0 Å². The van der Waals surface area contributed by atoms with Gasteiger partial charge in [-0.1, -0.05) is 11.6 Å². The zero-order chi connectivity index (χ0) is 13.6. The Morgan fingerprint density at radius 2 is 2.16 bits per heavy atom. The van der Waals surface area contributed by atoms with Gasteiger partial charge in [0.25, 0.3) is 0 Å². The van der Waals surface area contributed by atoms with Crippen LogP contribution < -0.4 is 15.2 Å². The van der Waals surface area contributed by atoms with Gasteiger partial charge in [0.15, 0.2) is 11.5 Å². The van der Waals surface area contributed by atoms with E-state index in [1.807, 2.05) is 26.0 Å². The number of aromatic nitrogens is 1. The summed E-state index contributed by atoms with van der Waals surface area (Å²) in [5.74, 6) is 1.23. The van der Waals surface area contributed by atoms with E-state index < -0.39 is 0 Å². The molecule has 1 aromatic carbocycles. The van der Waals surface area contributed by atoms with E-state index in [1.54, 1.807) is 11.3 Å². The SMILES string of the molecule is Cc1nc(C(N)c2cc(Cl)c3c(c2)OCO3)sc1C. The summed E-state index contributed by atoms with van der Waals surface area (Å²) < 4.78 is 10.6. The number of thiazole rings is 1. The van der Waals surface area contributed by atoms with Crippen LogP contribution in [0.15, 0.2) is 12.1 Å². The van der Waals surface area contributed by atoms with E-state index in [9.17, 15) is 0 Å². The average Bonchev–Trinajstić information content (AvgIpc) is 2.96. The Morgan fingerprint density at radius 3 is 2.84 bits per heavy atom. The zero-order valence-electron chi connectivity index (χ0n) is 10.6. The molecule has 0 radical (unpaired) electrons. The van der Waals surface area contributed by atoms with Crippen LogP contribution in [0, 0.1) is 13.8 Å². The molecular formula is C13H13ClN2O2S. The van der Waals surface area contributed by atoms with Crippen molar-refractivity contribution in [1.82, 2.24) is 4.98 Å². The maximum Gasteiger partial charge on any atom is 0.231 e. The van der Waals surface area contributed by atoms with Crippen LogP contribution in [0.5, 0.6) is 11.5 Å². The highest BCUT2D eigenvalue weighted by Crippen LogP contribution is 2.41. The van der Waals surface area contributed by atoms with Gasteiger partial charge in [0.1, 0.15) is 5.01 Å². The Balaban J connectivity index is 2.00. The Kier molecular flexibility index (Phi) is 3.12. The van der Waals surface area contributed by atoms with Crippen LogP contribution in [0.3, 0.4) is 0 Å². The van der Waals surface area contributed by atoms with Crippen molar-refractivity contribution in [2.45, 2.75) is 19.9 Å². The quantitative estimate of drug-likeness (QED) is 0.924. The molecule has 0 saturated carbocycles. The molecule has 19 heavy (non-hydrogen) atoms. The van der Waals surface area contributed by atoms with Crippen molar-refractivity contribution in [1.29, 1.82) is 0 Å². The number of hydrogen-bond acceptors (Lipinski definition) is 5. The highest BCUT2D eigenvalue weighted by Gasteiger charge is 2.22. The number of nitrogens with zero attached hydrogens (tertiary/aromatic N) is 1. The third-order valence-corrected chi connectivity index (χ3v) is 4.56. The molecule has 1 unspecified atom stereocenters. The number of halogens is 1. The van der Waals surface area contributed by atoms with Crippen molar-refractivity contribution in [3.63, 3.8) is 0 Å². The van der Waals surface area contributed by atoms with Crippen molar-refractivity contribution in [2.75, 3.05) is 6.79 Å². The molecular weight excluding hydrogens is 284 g/mol. The molecule has 4 nitrogen and oxygen atoms in total. The standard InChI is InChI=1S/C13H13ClN2O2S/c1-6-7(2)19-13(16-6)11(15)8-3-9(14)12-10(4-8)17-5-18-12/h3-4,11H,5,15H2,1-2H3. The second-order valence-electron chi connectivity index (χ2n) is 4.41. The van der Waals surface area contributed by atoms with E-state index in [1.165, 1.54) is 4.88 Å². The molecule has 1 atom stereocenters. The molecule has 6 heteroatoms. The number of ether oxygens (including phenoxy) is 2. The first-order valence-corrected chi connectivity index (χ1v) is 7.04. The summed E-state index contributed by atoms with van der Waals surface area (Å²) in [6.07, 6.45) is 0. The second kappa shape index (κ2) is 4.67. The van der Waals surface area contributed by atoms with Crippen LogP contribution in [0.1, 0.15) is 27.2 Å². The summed E-state index contributed by atoms with van der Waals surface area (Å²) >= 11 is 7.77. The van der Waals surface area contributed by atoms with E-state index >= 15 is 0 Å². The minimum absolute atomic E-state index is 0.198. The third-order valence-electron chi connectivity index (χ3n) is 3.12. The van der Waals surface area contributed by atoms with Crippen molar-refractivity contribution in [2.24, 2.45) is 5.73 Å². The van der Waals surface area contributed by atoms with Gasteiger partial charge >= 0.3 is 0 Å². The molecule has 100 valence electrons. The second-order valence-corrected chi connectivity index (χ2v) is 6.05. The fraction of sp³-hybridized carbons (Fsp3) is 0.308. The van der Waals surface area contributed by atoms with Crippen molar-refractivity contribution in [3.05, 3.63) is 38.3 Å². The average molecular weight is 297 g/mol. The first-order valence-electron chi connectivity index (χ1n) is 5.85. The number of nitrogens with two attached hydrogens (primary N) is 1. The van der Waals surface area contributed by atoms with Gasteiger partial charge in [-0.3, -0.25) is 0 Å². The van der Waals surface area contributed by atoms with Crippen LogP contribution in [0.2, 0.25) is 5.02 Å². The third kappa shape index (κ3) is 2.18. The highest BCUT2D eigenvalue weighted by molar-refractivity contribution is 7.11. The van der Waals surface area contributed by atoms with Gasteiger partial charge in [-0.05, 0) is 31.5 Å². The number of aryl methyl sites for hydroxylation is 2. The molecule has 0 amide bonds. The summed E-state index contributed by atoms with van der Waals surface area (Å²) in [5, 5.41) is 1.40. The van der Waals surface area contributed by atoms with Crippen molar-refractivity contribution >= 4 is 22.9 Å². The summed E-state index contributed by atoms with van der Waals surface area (Å²) in [6, 6.07) is 3.38. The van der Waals surface area contributed by atoms with E-state index in [0.29, 0.717) is 16.5 Å². The Morgan fingerprint density at radius 1 is 1.37 bits per heavy atom. The number of fused-ring (bicyclic) bond motifs is 1. The normalized spacial score (nSPS) is 14.7.